The number of hydrogen-bond donors (Lipinski definition) is 0. The zero-order chi connectivity index (χ0) is 5.82. The van der Waals surface area contributed by atoms with E-state index in [2.05, 4.69) is 17.9 Å². The molecule has 3 heteroatoms. The standard InChI is InChI=1S/C6H7N2.ClH/c1-2-4-8-5-3-7-6-8;/h2-3,5H,1,4H2;1H/q+1;/p-1. The highest BCUT2D eigenvalue weighted by atomic mass is 35.5. The zero-order valence-corrected chi connectivity index (χ0v) is 5.67. The summed E-state index contributed by atoms with van der Waals surface area (Å²) in [5.41, 5.74) is 0. The fraction of sp³-hybridized carbons (Fsp3) is 0.167. The van der Waals surface area contributed by atoms with E-state index in [1.54, 1.807) is 12.3 Å². The summed E-state index contributed by atoms with van der Waals surface area (Å²) in [6.45, 7) is 4.36. The van der Waals surface area contributed by atoms with E-state index in [1.165, 1.54) is 0 Å². The minimum absolute atomic E-state index is 0. The number of halogens is 1. The molecule has 0 aromatic carbocycles. The van der Waals surface area contributed by atoms with Crippen LogP contribution in [0.3, 0.4) is 0 Å². The first-order chi connectivity index (χ1) is 3.93. The van der Waals surface area contributed by atoms with E-state index in [9.17, 15) is 0 Å². The van der Waals surface area contributed by atoms with Crippen LogP contribution in [0.15, 0.2) is 30.0 Å². The Morgan fingerprint density at radius 2 is 2.56 bits per heavy atom. The first kappa shape index (κ1) is 8.15. The molecule has 0 saturated carbocycles. The molecule has 48 valence electrons. The predicted octanol–water partition coefficient (Wildman–Crippen LogP) is -2.13. The molecule has 0 spiro atoms. The maximum atomic E-state index is 3.73. The van der Waals surface area contributed by atoms with Crippen LogP contribution >= 0.6 is 0 Å². The molecule has 0 bridgehead atoms. The van der Waals surface area contributed by atoms with Crippen molar-refractivity contribution in [3.63, 3.8) is 0 Å². The van der Waals surface area contributed by atoms with E-state index in [-0.39, 0.29) is 12.4 Å². The molecule has 0 N–H and O–H groups in total. The van der Waals surface area contributed by atoms with Crippen molar-refractivity contribution in [1.82, 2.24) is 4.90 Å². The number of nitrogens with zero attached hydrogens (tertiary/aromatic N) is 2. The van der Waals surface area contributed by atoms with E-state index in [0.29, 0.717) is 0 Å². The second kappa shape index (κ2) is 4.07. The lowest BCUT2D eigenvalue weighted by atomic mass is 10.6. The van der Waals surface area contributed by atoms with Gasteiger partial charge in [0.05, 0.1) is 6.54 Å². The lowest BCUT2D eigenvalue weighted by Gasteiger charge is -1.92. The van der Waals surface area contributed by atoms with Crippen LogP contribution in [0, 0.1) is 0 Å². The number of rotatable bonds is 2. The van der Waals surface area contributed by atoms with Gasteiger partial charge in [-0.2, -0.15) is 4.90 Å². The normalized spacial score (nSPS) is 12.7. The Morgan fingerprint density at radius 3 is 3.00 bits per heavy atom. The van der Waals surface area contributed by atoms with Crippen molar-refractivity contribution in [3.8, 4) is 0 Å². The molecule has 2 nitrogen and oxygen atoms in total. The summed E-state index contributed by atoms with van der Waals surface area (Å²) in [5, 5.41) is 0. The number of aliphatic imine (C=N–C) groups is 1. The monoisotopic (exact) mass is 142 g/mol. The third-order valence-corrected chi connectivity index (χ3v) is 0.833. The fourth-order valence-electron chi connectivity index (χ4n) is 0.495. The van der Waals surface area contributed by atoms with Crippen LogP contribution in [-0.4, -0.2) is 17.8 Å². The Bertz CT molecular complexity index is 128. The van der Waals surface area contributed by atoms with Gasteiger partial charge in [-0.05, 0) is 4.99 Å². The van der Waals surface area contributed by atoms with Crippen LogP contribution in [0.1, 0.15) is 0 Å². The van der Waals surface area contributed by atoms with E-state index in [0.717, 1.165) is 6.54 Å². The fourth-order valence-corrected chi connectivity index (χ4v) is 0.495. The molecule has 0 aromatic heterocycles. The van der Waals surface area contributed by atoms with Gasteiger partial charge in [0, 0.05) is 0 Å². The second-order valence-electron chi connectivity index (χ2n) is 1.47. The van der Waals surface area contributed by atoms with E-state index in [1.807, 2.05) is 11.1 Å². The summed E-state index contributed by atoms with van der Waals surface area (Å²) in [7, 11) is 0. The van der Waals surface area contributed by atoms with Gasteiger partial charge in [0.2, 0.25) is 6.20 Å². The summed E-state index contributed by atoms with van der Waals surface area (Å²) in [5.74, 6) is 0. The highest BCUT2D eigenvalue weighted by Crippen LogP contribution is 1.92. The minimum Gasteiger partial charge on any atom is -1.00 e. The molecule has 1 aliphatic heterocycles. The lowest BCUT2D eigenvalue weighted by Crippen LogP contribution is -3.00. The van der Waals surface area contributed by atoms with Gasteiger partial charge in [-0.25, -0.2) is 0 Å². The molecule has 1 aliphatic rings. The summed E-state index contributed by atoms with van der Waals surface area (Å²) < 4.78 is 0. The average Bonchev–Trinajstić information content (AvgIpc) is 2.19. The molecule has 9 heavy (non-hydrogen) atoms. The van der Waals surface area contributed by atoms with Crippen molar-refractivity contribution >= 4 is 6.34 Å². The molecule has 0 fully saturated rings. The van der Waals surface area contributed by atoms with Crippen molar-refractivity contribution in [1.29, 1.82) is 0 Å². The topological polar surface area (TPSA) is 15.6 Å². The molecule has 0 amide bonds. The van der Waals surface area contributed by atoms with E-state index in [4.69, 9.17) is 0 Å². The quantitative estimate of drug-likeness (QED) is 0.318. The highest BCUT2D eigenvalue weighted by Gasteiger charge is 2.05. The van der Waals surface area contributed by atoms with Gasteiger partial charge in [-0.3, -0.25) is 0 Å². The van der Waals surface area contributed by atoms with Crippen molar-refractivity contribution in [2.75, 3.05) is 6.54 Å². The van der Waals surface area contributed by atoms with Crippen LogP contribution in [0.4, 0.5) is 0 Å². The van der Waals surface area contributed by atoms with Crippen molar-refractivity contribution in [2.45, 2.75) is 0 Å². The third kappa shape index (κ3) is 2.27. The molecule has 1 heterocycles. The molecule has 0 radical (unpaired) electrons. The Hall–Kier alpha value is -0.850. The maximum Gasteiger partial charge on any atom is 0.255 e. The van der Waals surface area contributed by atoms with Crippen LogP contribution < -0.4 is 12.4 Å². The smallest absolute Gasteiger partial charge is 0.255 e. The van der Waals surface area contributed by atoms with Crippen LogP contribution in [0.5, 0.6) is 0 Å². The van der Waals surface area contributed by atoms with Gasteiger partial charge in [0.25, 0.3) is 6.34 Å². The summed E-state index contributed by atoms with van der Waals surface area (Å²) in [6, 6.07) is 0. The Kier molecular flexibility index (Phi) is 3.69. The molecule has 0 atom stereocenters. The van der Waals surface area contributed by atoms with Crippen molar-refractivity contribution in [3.05, 3.63) is 25.1 Å². The van der Waals surface area contributed by atoms with Gasteiger partial charge < -0.3 is 12.4 Å². The van der Waals surface area contributed by atoms with Crippen LogP contribution in [-0.2, 0) is 0 Å². The Labute approximate surface area is 61.0 Å². The molecule has 0 aromatic rings. The zero-order valence-electron chi connectivity index (χ0n) is 4.92. The first-order valence-electron chi connectivity index (χ1n) is 2.43. The van der Waals surface area contributed by atoms with Gasteiger partial charge >= 0.3 is 0 Å². The molecule has 1 rings (SSSR count). The SMILES string of the molecule is C=CCN1[C+]=NC=C1.[Cl-]. The molecule has 0 aliphatic carbocycles. The summed E-state index contributed by atoms with van der Waals surface area (Å²) in [6.07, 6.45) is 8.08. The molecular formula is C6H7ClN2. The van der Waals surface area contributed by atoms with Crippen molar-refractivity contribution in [2.24, 2.45) is 4.99 Å². The van der Waals surface area contributed by atoms with Crippen LogP contribution in [0.2, 0.25) is 0 Å². The summed E-state index contributed by atoms with van der Waals surface area (Å²) in [4.78, 5) is 5.56. The molecule has 0 saturated heterocycles. The second-order valence-corrected chi connectivity index (χ2v) is 1.47. The largest absolute Gasteiger partial charge is 1.00 e. The van der Waals surface area contributed by atoms with E-state index >= 15 is 0 Å². The van der Waals surface area contributed by atoms with Gasteiger partial charge in [0.1, 0.15) is 0 Å². The Balaban J connectivity index is 0.000000640. The Morgan fingerprint density at radius 1 is 1.78 bits per heavy atom. The molecular weight excluding hydrogens is 136 g/mol. The maximum absolute atomic E-state index is 3.73. The predicted molar refractivity (Wildman–Crippen MR) is 33.5 cm³/mol. The minimum atomic E-state index is 0. The molecule has 0 unspecified atom stereocenters. The van der Waals surface area contributed by atoms with Crippen LogP contribution in [0.25, 0.3) is 0 Å². The first-order valence-corrected chi connectivity index (χ1v) is 2.43. The summed E-state index contributed by atoms with van der Waals surface area (Å²) >= 11 is 0. The lowest BCUT2D eigenvalue weighted by molar-refractivity contribution is -0.00000166. The van der Waals surface area contributed by atoms with Crippen molar-refractivity contribution < 1.29 is 12.4 Å². The highest BCUT2D eigenvalue weighted by molar-refractivity contribution is 5.60. The van der Waals surface area contributed by atoms with Gasteiger partial charge in [-0.15, -0.1) is 6.58 Å². The average molecular weight is 143 g/mol. The van der Waals surface area contributed by atoms with Gasteiger partial charge in [0.15, 0.2) is 6.20 Å². The van der Waals surface area contributed by atoms with Gasteiger partial charge in [-0.1, -0.05) is 6.08 Å². The number of hydrogen-bond acceptors (Lipinski definition) is 2. The third-order valence-electron chi connectivity index (χ3n) is 0.833. The van der Waals surface area contributed by atoms with E-state index < -0.39 is 0 Å².